The van der Waals surface area contributed by atoms with Crippen LogP contribution in [0.2, 0.25) is 36.3 Å². The lowest BCUT2D eigenvalue weighted by molar-refractivity contribution is 0.0705. The lowest BCUT2D eigenvalue weighted by Crippen LogP contribution is -2.46. The number of nitrogens with zero attached hydrogens (tertiary/aromatic N) is 1. The first-order valence-electron chi connectivity index (χ1n) is 25.2. The van der Waals surface area contributed by atoms with E-state index in [2.05, 4.69) is 22.6 Å². The Morgan fingerprint density at radius 1 is 0.271 bits per heavy atom. The first-order valence-corrected chi connectivity index (χ1v) is 36.8. The Morgan fingerprint density at radius 3 is 0.614 bits per heavy atom. The summed E-state index contributed by atoms with van der Waals surface area (Å²) in [4.78, 5) is 2.28. The molecule has 0 aromatic heterocycles. The summed E-state index contributed by atoms with van der Waals surface area (Å²) >= 11 is 0. The fourth-order valence-corrected chi connectivity index (χ4v) is 19.5. The molecule has 0 aliphatic rings. The maximum atomic E-state index is 5.89. The van der Waals surface area contributed by atoms with E-state index in [4.69, 9.17) is 79.7 Å². The van der Waals surface area contributed by atoms with Crippen molar-refractivity contribution in [2.75, 3.05) is 171 Å². The number of nitrogens with one attached hydrogen (secondary N) is 2. The highest BCUT2D eigenvalue weighted by Gasteiger charge is 2.42. The minimum absolute atomic E-state index is 0.624. The largest absolute Gasteiger partial charge is 0.500 e. The standard InChI is InChI=1S/C18H43NO6Si2.C13H33NO6Si2.C12H31NO6Si2/c1-7-20-26(21-8-2,22-9-3)17-13-15-19-16-14-18-27(23-10-4,24-11-5)25-12-6;1-14(10-8-12-21(15-2,16-3)17-4)11-9-13-22(18-5,19-6)20-7;1-14-20(15-2,16-3)11-7-9-13-10-8-12-21(17-4,18-5)19-6/h19H,7-18H2,1-6H3;8-13H2,1-7H3;13H,7-12H2,1-6H3. The smallest absolute Gasteiger partial charge is 0.377 e. The van der Waals surface area contributed by atoms with Gasteiger partial charge in [0.15, 0.2) is 0 Å². The van der Waals surface area contributed by atoms with Gasteiger partial charge in [0.05, 0.1) is 0 Å². The average Bonchev–Trinajstić information content (AvgIpc) is 3.37. The molecule has 0 aliphatic heterocycles. The van der Waals surface area contributed by atoms with E-state index in [0.29, 0.717) is 39.6 Å². The van der Waals surface area contributed by atoms with Crippen LogP contribution < -0.4 is 10.6 Å². The van der Waals surface area contributed by atoms with Gasteiger partial charge in [0.2, 0.25) is 0 Å². The van der Waals surface area contributed by atoms with E-state index in [-0.39, 0.29) is 0 Å². The van der Waals surface area contributed by atoms with Crippen LogP contribution in [0.4, 0.5) is 0 Å². The second-order valence-electron chi connectivity index (χ2n) is 15.6. The van der Waals surface area contributed by atoms with E-state index in [0.717, 1.165) is 114 Å². The molecule has 0 rings (SSSR count). The Bertz CT molecular complexity index is 984. The molecule has 70 heavy (non-hydrogen) atoms. The van der Waals surface area contributed by atoms with Crippen LogP contribution >= 0.6 is 0 Å². The van der Waals surface area contributed by atoms with Crippen LogP contribution in [0.5, 0.6) is 0 Å². The first-order chi connectivity index (χ1) is 33.6. The van der Waals surface area contributed by atoms with E-state index >= 15 is 0 Å². The summed E-state index contributed by atoms with van der Waals surface area (Å²) in [7, 11) is 7.02. The number of hydrogen-bond acceptors (Lipinski definition) is 21. The van der Waals surface area contributed by atoms with Crippen molar-refractivity contribution in [3.63, 3.8) is 0 Å². The quantitative estimate of drug-likeness (QED) is 0.0530. The molecule has 2 N–H and O–H groups in total. The molecular weight excluding hydrogens is 1010 g/mol. The van der Waals surface area contributed by atoms with Crippen molar-refractivity contribution in [1.82, 2.24) is 15.5 Å². The molecule has 27 heteroatoms. The zero-order valence-corrected chi connectivity index (χ0v) is 53.8. The Kier molecular flexibility index (Phi) is 49.9. The van der Waals surface area contributed by atoms with Gasteiger partial charge in [-0.1, -0.05) is 0 Å². The molecule has 0 radical (unpaired) electrons. The molecule has 0 fully saturated rings. The summed E-state index contributed by atoms with van der Waals surface area (Å²) in [5.41, 5.74) is 0. The van der Waals surface area contributed by atoms with Crippen LogP contribution in [0.15, 0.2) is 0 Å². The van der Waals surface area contributed by atoms with Crippen molar-refractivity contribution in [2.45, 2.75) is 116 Å². The first kappa shape index (κ1) is 74.7. The van der Waals surface area contributed by atoms with Gasteiger partial charge in [-0.05, 0) is 126 Å². The Hall–Kier alpha value is 0.461. The molecule has 0 bridgehead atoms. The molecular formula is C43H107N3O18Si6. The van der Waals surface area contributed by atoms with Crippen molar-refractivity contribution < 1.29 is 79.7 Å². The molecule has 0 saturated heterocycles. The predicted octanol–water partition coefficient (Wildman–Crippen LogP) is 6.02. The van der Waals surface area contributed by atoms with Crippen molar-refractivity contribution in [1.29, 1.82) is 0 Å². The predicted molar refractivity (Wildman–Crippen MR) is 288 cm³/mol. The van der Waals surface area contributed by atoms with Crippen molar-refractivity contribution in [2.24, 2.45) is 0 Å². The van der Waals surface area contributed by atoms with E-state index in [1.165, 1.54) is 0 Å². The van der Waals surface area contributed by atoms with Gasteiger partial charge in [0.1, 0.15) is 0 Å². The monoisotopic (exact) mass is 1120 g/mol. The van der Waals surface area contributed by atoms with Crippen LogP contribution in [-0.2, 0) is 79.7 Å². The second-order valence-corrected chi connectivity index (χ2v) is 33.4. The number of hydrogen-bond donors (Lipinski definition) is 2. The normalized spacial score (nSPS) is 12.9. The third kappa shape index (κ3) is 32.1. The van der Waals surface area contributed by atoms with Crippen molar-refractivity contribution >= 4 is 52.8 Å². The summed E-state index contributed by atoms with van der Waals surface area (Å²) in [6.45, 7) is 21.2. The number of rotatable bonds is 48. The zero-order valence-electron chi connectivity index (χ0n) is 47.8. The third-order valence-electron chi connectivity index (χ3n) is 11.3. The van der Waals surface area contributed by atoms with Crippen LogP contribution in [-0.4, -0.2) is 229 Å². The lowest BCUT2D eigenvalue weighted by Gasteiger charge is -2.29. The van der Waals surface area contributed by atoms with Crippen molar-refractivity contribution in [3.05, 3.63) is 0 Å². The molecule has 0 saturated carbocycles. The van der Waals surface area contributed by atoms with Gasteiger partial charge < -0.3 is 95.2 Å². The van der Waals surface area contributed by atoms with Crippen LogP contribution in [0.3, 0.4) is 0 Å². The van der Waals surface area contributed by atoms with Crippen LogP contribution in [0.25, 0.3) is 0 Å². The minimum Gasteiger partial charge on any atom is -0.377 e. The summed E-state index contributed by atoms with van der Waals surface area (Å²) < 4.78 is 100. The van der Waals surface area contributed by atoms with Gasteiger partial charge in [-0.15, -0.1) is 0 Å². The third-order valence-corrected chi connectivity index (χ3v) is 28.9. The zero-order chi connectivity index (χ0) is 53.7. The molecule has 0 amide bonds. The van der Waals surface area contributed by atoms with E-state index in [1.54, 1.807) is 85.3 Å². The topological polar surface area (TPSA) is 193 Å². The summed E-state index contributed by atoms with van der Waals surface area (Å²) in [6, 6.07) is 4.91. The molecule has 0 heterocycles. The summed E-state index contributed by atoms with van der Waals surface area (Å²) in [5.74, 6) is 0. The maximum absolute atomic E-state index is 5.89. The van der Waals surface area contributed by atoms with Gasteiger partial charge >= 0.3 is 52.8 Å². The van der Waals surface area contributed by atoms with E-state index in [9.17, 15) is 0 Å². The molecule has 0 aromatic carbocycles. The van der Waals surface area contributed by atoms with Gasteiger partial charge in [-0.2, -0.15) is 0 Å². The lowest BCUT2D eigenvalue weighted by atomic mass is 10.4. The van der Waals surface area contributed by atoms with E-state index < -0.39 is 52.8 Å². The minimum atomic E-state index is -2.52. The average molecular weight is 1120 g/mol. The molecule has 21 nitrogen and oxygen atoms in total. The molecule has 0 unspecified atom stereocenters. The highest BCUT2D eigenvalue weighted by Crippen LogP contribution is 2.21. The Labute approximate surface area is 433 Å². The van der Waals surface area contributed by atoms with E-state index in [1.807, 2.05) is 41.5 Å². The fraction of sp³-hybridized carbons (Fsp3) is 1.00. The SMILES string of the molecule is CCO[Si](CCCNCCC[Si](OCC)(OCC)OCC)(OCC)OCC.CO[Si](CCCN(C)CCC[Si](OC)(OC)OC)(OC)OC.CO[Si](CCCNCCC[Si](OC)(OC)OC)(OC)OC. The second kappa shape index (κ2) is 46.7. The molecule has 0 spiro atoms. The van der Waals surface area contributed by atoms with Gasteiger partial charge in [-0.3, -0.25) is 0 Å². The summed E-state index contributed by atoms with van der Waals surface area (Å²) in [5, 5.41) is 6.88. The van der Waals surface area contributed by atoms with Crippen LogP contribution in [0, 0.1) is 0 Å². The highest BCUT2D eigenvalue weighted by atomic mass is 28.4. The van der Waals surface area contributed by atoms with Crippen molar-refractivity contribution in [3.8, 4) is 0 Å². The van der Waals surface area contributed by atoms with Gasteiger partial charge in [-0.25, -0.2) is 0 Å². The molecule has 426 valence electrons. The highest BCUT2D eigenvalue weighted by molar-refractivity contribution is 6.62. The van der Waals surface area contributed by atoms with Gasteiger partial charge in [0.25, 0.3) is 0 Å². The maximum Gasteiger partial charge on any atom is 0.500 e. The Balaban J connectivity index is -0.000000972. The van der Waals surface area contributed by atoms with Gasteiger partial charge in [0, 0.05) is 161 Å². The molecule has 0 aliphatic carbocycles. The Morgan fingerprint density at radius 2 is 0.443 bits per heavy atom. The van der Waals surface area contributed by atoms with Crippen LogP contribution in [0.1, 0.15) is 80.1 Å². The molecule has 0 aromatic rings. The fourth-order valence-electron chi connectivity index (χ4n) is 7.44. The molecule has 0 atom stereocenters. The summed E-state index contributed by atoms with van der Waals surface area (Å²) in [6.07, 6.45) is 5.78.